The summed E-state index contributed by atoms with van der Waals surface area (Å²) >= 11 is 0. The van der Waals surface area contributed by atoms with Gasteiger partial charge in [0.15, 0.2) is 0 Å². The van der Waals surface area contributed by atoms with E-state index < -0.39 is 0 Å². The highest BCUT2D eigenvalue weighted by Crippen LogP contribution is 2.42. The molecule has 9 nitrogen and oxygen atoms in total. The average Bonchev–Trinajstić information content (AvgIpc) is 3.62. The number of rotatable bonds is 5. The number of aryl methyl sites for hydroxylation is 1. The topological polar surface area (TPSA) is 95.3 Å². The molecule has 4 aromatic rings. The second-order valence-corrected chi connectivity index (χ2v) is 12.4. The molecule has 3 fully saturated rings. The van der Waals surface area contributed by atoms with Gasteiger partial charge in [0.25, 0.3) is 0 Å². The molecule has 210 valence electrons. The molecule has 7 rings (SSSR count). The molecule has 1 spiro atoms. The predicted octanol–water partition coefficient (Wildman–Crippen LogP) is 5.07. The van der Waals surface area contributed by atoms with Gasteiger partial charge in [-0.1, -0.05) is 19.3 Å². The number of aromatic nitrogens is 5. The van der Waals surface area contributed by atoms with Gasteiger partial charge in [0.1, 0.15) is 11.9 Å². The fourth-order valence-corrected chi connectivity index (χ4v) is 7.12. The fraction of sp³-hybridized carbons (Fsp3) is 0.469. The lowest BCUT2D eigenvalue weighted by Crippen LogP contribution is -2.62. The zero-order valence-corrected chi connectivity index (χ0v) is 23.7. The minimum atomic E-state index is 0.284. The van der Waals surface area contributed by atoms with Crippen LogP contribution in [0.15, 0.2) is 49.2 Å². The van der Waals surface area contributed by atoms with Crippen molar-refractivity contribution in [2.45, 2.75) is 51.4 Å². The number of likely N-dealkylation sites (tertiary alicyclic amines) is 1. The van der Waals surface area contributed by atoms with Crippen molar-refractivity contribution in [3.8, 4) is 28.3 Å². The lowest BCUT2D eigenvalue weighted by atomic mass is 9.71. The third-order valence-corrected chi connectivity index (χ3v) is 9.57. The average molecular weight is 549 g/mol. The SMILES string of the molecule is Cn1cc(-c2cc(-c3ccc(N4CCC5(CC4)CN(C(=O)CC4CCCCC4)C5)nc3)c3c(C#N)cnn3c2)cn1. The van der Waals surface area contributed by atoms with Crippen LogP contribution in [0.2, 0.25) is 0 Å². The van der Waals surface area contributed by atoms with Crippen LogP contribution in [0.4, 0.5) is 5.82 Å². The number of fused-ring (bicyclic) bond motifs is 1. The fourth-order valence-electron chi connectivity index (χ4n) is 7.12. The molecule has 0 N–H and O–H groups in total. The molecule has 4 aromatic heterocycles. The zero-order valence-electron chi connectivity index (χ0n) is 23.7. The molecule has 1 amide bonds. The second kappa shape index (κ2) is 10.3. The molecule has 3 aliphatic rings. The highest BCUT2D eigenvalue weighted by molar-refractivity contribution is 5.87. The third-order valence-electron chi connectivity index (χ3n) is 9.57. The van der Waals surface area contributed by atoms with Gasteiger partial charge in [-0.15, -0.1) is 0 Å². The minimum Gasteiger partial charge on any atom is -0.357 e. The summed E-state index contributed by atoms with van der Waals surface area (Å²) in [5.74, 6) is 1.96. The maximum absolute atomic E-state index is 12.8. The van der Waals surface area contributed by atoms with Gasteiger partial charge in [-0.25, -0.2) is 9.50 Å². The van der Waals surface area contributed by atoms with E-state index in [9.17, 15) is 10.1 Å². The quantitative estimate of drug-likeness (QED) is 0.346. The summed E-state index contributed by atoms with van der Waals surface area (Å²) in [7, 11) is 1.90. The zero-order chi connectivity index (χ0) is 28.0. The summed E-state index contributed by atoms with van der Waals surface area (Å²) in [4.78, 5) is 22.2. The number of carbonyl (C=O) groups excluding carboxylic acids is 1. The number of piperidine rings is 1. The molecule has 6 heterocycles. The van der Waals surface area contributed by atoms with E-state index >= 15 is 0 Å². The van der Waals surface area contributed by atoms with Gasteiger partial charge in [0, 0.05) is 85.9 Å². The Kier molecular flexibility index (Phi) is 6.49. The number of nitriles is 1. The van der Waals surface area contributed by atoms with Crippen molar-refractivity contribution in [2.75, 3.05) is 31.1 Å². The van der Waals surface area contributed by atoms with Crippen LogP contribution in [0.5, 0.6) is 0 Å². The standard InChI is InChI=1S/C32H36N8O/c1-37-19-27(18-35-37)25-14-28(31-26(15-33)17-36-40(31)20-25)24-7-8-29(34-16-24)38-11-9-32(10-12-38)21-39(22-32)30(41)13-23-5-3-2-4-6-23/h7-8,14,16-20,23H,2-6,9-13,21-22H2,1H3. The van der Waals surface area contributed by atoms with Crippen LogP contribution in [0.25, 0.3) is 27.8 Å². The maximum Gasteiger partial charge on any atom is 0.222 e. The molecule has 0 radical (unpaired) electrons. The first-order valence-corrected chi connectivity index (χ1v) is 14.9. The van der Waals surface area contributed by atoms with E-state index in [0.717, 1.165) is 79.0 Å². The first-order valence-electron chi connectivity index (χ1n) is 14.9. The van der Waals surface area contributed by atoms with Gasteiger partial charge in [-0.3, -0.25) is 9.48 Å². The van der Waals surface area contributed by atoms with Gasteiger partial charge < -0.3 is 9.80 Å². The van der Waals surface area contributed by atoms with Gasteiger partial charge in [0.05, 0.1) is 23.5 Å². The number of nitrogens with zero attached hydrogens (tertiary/aromatic N) is 8. The van der Waals surface area contributed by atoms with Gasteiger partial charge in [0.2, 0.25) is 5.91 Å². The van der Waals surface area contributed by atoms with Gasteiger partial charge >= 0.3 is 0 Å². The van der Waals surface area contributed by atoms with Crippen molar-refractivity contribution in [1.29, 1.82) is 5.26 Å². The smallest absolute Gasteiger partial charge is 0.222 e. The van der Waals surface area contributed by atoms with Crippen molar-refractivity contribution in [1.82, 2.24) is 29.3 Å². The summed E-state index contributed by atoms with van der Waals surface area (Å²) in [5.41, 5.74) is 5.43. The lowest BCUT2D eigenvalue weighted by Gasteiger charge is -2.54. The van der Waals surface area contributed by atoms with Crippen LogP contribution in [0.3, 0.4) is 0 Å². The summed E-state index contributed by atoms with van der Waals surface area (Å²) in [6, 6.07) is 8.56. The molecule has 1 aliphatic carbocycles. The second-order valence-electron chi connectivity index (χ2n) is 12.4. The molecule has 0 aromatic carbocycles. The Morgan fingerprint density at radius 3 is 2.49 bits per heavy atom. The van der Waals surface area contributed by atoms with Crippen molar-refractivity contribution < 1.29 is 4.79 Å². The number of hydrogen-bond acceptors (Lipinski definition) is 6. The normalized spacial score (nSPS) is 18.9. The lowest BCUT2D eigenvalue weighted by molar-refractivity contribution is -0.146. The van der Waals surface area contributed by atoms with Crippen LogP contribution in [-0.2, 0) is 11.8 Å². The van der Waals surface area contributed by atoms with Crippen molar-refractivity contribution >= 4 is 17.2 Å². The number of hydrogen-bond donors (Lipinski definition) is 0. The molecule has 0 atom stereocenters. The highest BCUT2D eigenvalue weighted by atomic mass is 16.2. The monoisotopic (exact) mass is 548 g/mol. The van der Waals surface area contributed by atoms with E-state index in [4.69, 9.17) is 4.98 Å². The van der Waals surface area contributed by atoms with Crippen LogP contribution >= 0.6 is 0 Å². The van der Waals surface area contributed by atoms with E-state index in [1.165, 1.54) is 32.1 Å². The van der Waals surface area contributed by atoms with E-state index in [1.807, 2.05) is 31.8 Å². The largest absolute Gasteiger partial charge is 0.357 e. The number of amides is 1. The maximum atomic E-state index is 12.8. The number of anilines is 1. The molecule has 0 unspecified atom stereocenters. The minimum absolute atomic E-state index is 0.284. The van der Waals surface area contributed by atoms with Crippen molar-refractivity contribution in [3.05, 3.63) is 54.7 Å². The van der Waals surface area contributed by atoms with Gasteiger partial charge in [-0.05, 0) is 49.8 Å². The van der Waals surface area contributed by atoms with Crippen LogP contribution in [-0.4, -0.2) is 61.4 Å². The highest BCUT2D eigenvalue weighted by Gasteiger charge is 2.46. The van der Waals surface area contributed by atoms with Gasteiger partial charge in [-0.2, -0.15) is 15.5 Å². The van der Waals surface area contributed by atoms with Crippen molar-refractivity contribution in [3.63, 3.8) is 0 Å². The molecular weight excluding hydrogens is 512 g/mol. The molecule has 2 aliphatic heterocycles. The van der Waals surface area contributed by atoms with Crippen molar-refractivity contribution in [2.24, 2.45) is 18.4 Å². The van der Waals surface area contributed by atoms with Crippen LogP contribution < -0.4 is 4.90 Å². The first-order chi connectivity index (χ1) is 20.0. The first kappa shape index (κ1) is 25.8. The van der Waals surface area contributed by atoms with Crippen LogP contribution in [0, 0.1) is 22.7 Å². The Balaban J connectivity index is 1.03. The summed E-state index contributed by atoms with van der Waals surface area (Å²) < 4.78 is 3.55. The summed E-state index contributed by atoms with van der Waals surface area (Å²) in [6.45, 7) is 3.76. The molecule has 0 bridgehead atoms. The van der Waals surface area contributed by atoms with E-state index in [2.05, 4.69) is 44.3 Å². The summed E-state index contributed by atoms with van der Waals surface area (Å²) in [5, 5.41) is 18.5. The van der Waals surface area contributed by atoms with Crippen LogP contribution in [0.1, 0.15) is 56.9 Å². The summed E-state index contributed by atoms with van der Waals surface area (Å²) in [6.07, 6.45) is 18.6. The molecule has 41 heavy (non-hydrogen) atoms. The third kappa shape index (κ3) is 4.86. The Morgan fingerprint density at radius 2 is 1.80 bits per heavy atom. The number of carbonyl (C=O) groups is 1. The van der Waals surface area contributed by atoms with E-state index in [1.54, 1.807) is 15.4 Å². The Bertz CT molecular complexity index is 1610. The Morgan fingerprint density at radius 1 is 1.00 bits per heavy atom. The Labute approximate surface area is 240 Å². The number of pyridine rings is 2. The van der Waals surface area contributed by atoms with E-state index in [-0.39, 0.29) is 5.41 Å². The molecule has 2 saturated heterocycles. The molecule has 9 heteroatoms. The Hall–Kier alpha value is -4.19. The molecular formula is C32H36N8O. The molecule has 1 saturated carbocycles. The predicted molar refractivity (Wildman–Crippen MR) is 157 cm³/mol. The van der Waals surface area contributed by atoms with E-state index in [0.29, 0.717) is 17.4 Å².